The number of aromatic amines is 1. The van der Waals surface area contributed by atoms with Gasteiger partial charge in [0, 0.05) is 0 Å². The van der Waals surface area contributed by atoms with Gasteiger partial charge in [-0.15, -0.1) is 22.7 Å². The fraction of sp³-hybridized carbons (Fsp3) is 0.447. The number of aromatic nitrogens is 4. The summed E-state index contributed by atoms with van der Waals surface area (Å²) in [5.41, 5.74) is -4.01. The molecule has 25 nitrogen and oxygen atoms in total. The number of rotatable bonds is 22. The first-order valence-corrected chi connectivity index (χ1v) is 34.9. The third-order valence-corrected chi connectivity index (χ3v) is 17.3. The molecule has 0 bridgehead atoms. The van der Waals surface area contributed by atoms with Gasteiger partial charge in [-0.2, -0.15) is 0 Å². The second-order valence-electron chi connectivity index (χ2n) is 27.1. The van der Waals surface area contributed by atoms with E-state index in [4.69, 9.17) is 28.4 Å². The summed E-state index contributed by atoms with van der Waals surface area (Å²) < 4.78 is 40.3. The Morgan fingerprint density at radius 2 is 0.845 bits per heavy atom. The molecule has 8 rings (SSSR count). The number of carbonyl (C=O) groups excluding carboxylic acids is 4. The smallest absolute Gasteiger partial charge is 0.348 e. The number of aliphatic hydroxyl groups is 2. The van der Waals surface area contributed by atoms with Crippen LogP contribution in [0.1, 0.15) is 195 Å². The van der Waals surface area contributed by atoms with Crippen LogP contribution in [0.2, 0.25) is 0 Å². The number of aryl methyl sites for hydroxylation is 2. The van der Waals surface area contributed by atoms with E-state index in [2.05, 4.69) is 9.72 Å². The maximum absolute atomic E-state index is 13.8. The minimum absolute atomic E-state index is 0.00514. The number of aliphatic carboxylic acids is 2. The average Bonchev–Trinajstić information content (AvgIpc) is 1.73. The molecule has 0 unspecified atom stereocenters. The van der Waals surface area contributed by atoms with Gasteiger partial charge in [0.1, 0.15) is 42.7 Å². The zero-order valence-electron chi connectivity index (χ0n) is 62.0. The minimum Gasteiger partial charge on any atom is -0.480 e. The highest BCUT2D eigenvalue weighted by atomic mass is 32.1. The Morgan fingerprint density at radius 1 is 0.476 bits per heavy atom. The highest BCUT2D eigenvalue weighted by Gasteiger charge is 2.38. The standard InChI is InChI=1S/C26H32N2O7S.C14H16N2O6S.C14H20O3.C12H18O2.C10H12O3/c1-8-34-22(30)19-15(2)18-20(29)28(26(6,7)23(31)32)24(33)27(21(18)36-19)14-17(35-25(3,4)5)16-12-10-9-11-13-16;1-5-22-11(18)8-6(2)7-9(23-8)15-13(21)16(10(7)17)14(3,4)12(19)20;1-5-16-13(15)12(17-14(2,3)4)11-9-7-6-8-10-11;1-12(2,3)14-11(9-13)10-7-5-4-6-8-10;1-2-13-10(12)9(11)8-6-4-3-5-7-8/h9-13,17H,8,14H2,1-7H3,(H,31,32);5H2,1-4H3,(H,15,21)(H,19,20);6-10,12H,5H2,1-4H3;4-8,11,13H,9H2,1-3H3;3-7,9,11H,2H2,1H3/t17-;;12-;11-;9-/m0.101/s1. The van der Waals surface area contributed by atoms with Crippen molar-refractivity contribution in [1.29, 1.82) is 0 Å². The molecule has 560 valence electrons. The van der Waals surface area contributed by atoms with E-state index in [0.29, 0.717) is 27.9 Å². The molecule has 103 heavy (non-hydrogen) atoms. The van der Waals surface area contributed by atoms with Crippen molar-refractivity contribution < 1.29 is 82.4 Å². The number of benzene rings is 4. The predicted molar refractivity (Wildman–Crippen MR) is 394 cm³/mol. The summed E-state index contributed by atoms with van der Waals surface area (Å²) in [6.45, 7) is 33.4. The highest BCUT2D eigenvalue weighted by molar-refractivity contribution is 7.21. The number of hydrogen-bond acceptors (Lipinski definition) is 21. The molecule has 27 heteroatoms. The number of carbonyl (C=O) groups is 6. The van der Waals surface area contributed by atoms with Crippen molar-refractivity contribution in [3.8, 4) is 0 Å². The van der Waals surface area contributed by atoms with Crippen molar-refractivity contribution in [1.82, 2.24) is 18.7 Å². The average molecular weight is 1470 g/mol. The Morgan fingerprint density at radius 3 is 1.26 bits per heavy atom. The zero-order chi connectivity index (χ0) is 77.7. The quantitative estimate of drug-likeness (QED) is 0.0311. The molecule has 4 atom stereocenters. The first-order chi connectivity index (χ1) is 48.0. The molecule has 0 aliphatic heterocycles. The van der Waals surface area contributed by atoms with E-state index in [9.17, 15) is 68.4 Å². The Hall–Kier alpha value is -9.22. The third-order valence-electron chi connectivity index (χ3n) is 14.8. The molecule has 8 aromatic rings. The van der Waals surface area contributed by atoms with Crippen LogP contribution in [0.15, 0.2) is 141 Å². The van der Waals surface area contributed by atoms with Crippen LogP contribution >= 0.6 is 22.7 Å². The van der Waals surface area contributed by atoms with Crippen molar-refractivity contribution in [2.24, 2.45) is 0 Å². The van der Waals surface area contributed by atoms with Crippen LogP contribution in [0.3, 0.4) is 0 Å². The molecule has 4 aromatic heterocycles. The van der Waals surface area contributed by atoms with Crippen molar-refractivity contribution in [2.75, 3.05) is 33.0 Å². The number of carboxylic acids is 2. The van der Waals surface area contributed by atoms with Crippen LogP contribution in [-0.2, 0) is 70.0 Å². The third kappa shape index (κ3) is 23.7. The fourth-order valence-electron chi connectivity index (χ4n) is 9.92. The molecule has 0 spiro atoms. The molecule has 0 radical (unpaired) electrons. The van der Waals surface area contributed by atoms with Gasteiger partial charge in [0.15, 0.2) is 12.2 Å². The molecular formula is C76H98N4O21S2. The lowest BCUT2D eigenvalue weighted by molar-refractivity contribution is -0.166. The number of nitrogens with one attached hydrogen (secondary N) is 1. The topological polar surface area (TPSA) is 347 Å². The van der Waals surface area contributed by atoms with Gasteiger partial charge in [-0.3, -0.25) is 19.1 Å². The van der Waals surface area contributed by atoms with Gasteiger partial charge in [0.25, 0.3) is 11.1 Å². The van der Waals surface area contributed by atoms with Gasteiger partial charge >= 0.3 is 47.2 Å². The minimum atomic E-state index is -1.84. The second kappa shape index (κ2) is 37.8. The first kappa shape index (κ1) is 86.2. The number of fused-ring (bicyclic) bond motifs is 2. The van der Waals surface area contributed by atoms with E-state index >= 15 is 0 Å². The molecule has 0 aliphatic rings. The number of H-pyrrole nitrogens is 1. The molecule has 0 saturated carbocycles. The summed E-state index contributed by atoms with van der Waals surface area (Å²) in [4.78, 5) is 126. The molecular weight excluding hydrogens is 1370 g/mol. The van der Waals surface area contributed by atoms with Gasteiger partial charge in [-0.25, -0.2) is 47.5 Å². The monoisotopic (exact) mass is 1470 g/mol. The first-order valence-electron chi connectivity index (χ1n) is 33.3. The number of ether oxygens (including phenoxy) is 7. The van der Waals surface area contributed by atoms with Crippen LogP contribution in [0.25, 0.3) is 20.4 Å². The van der Waals surface area contributed by atoms with Crippen molar-refractivity contribution in [3.05, 3.63) is 206 Å². The van der Waals surface area contributed by atoms with Crippen molar-refractivity contribution >= 4 is 78.9 Å². The lowest BCUT2D eigenvalue weighted by atomic mass is 10.1. The lowest BCUT2D eigenvalue weighted by Gasteiger charge is -2.29. The summed E-state index contributed by atoms with van der Waals surface area (Å²) in [5, 5.41) is 38.0. The van der Waals surface area contributed by atoms with Crippen LogP contribution < -0.4 is 22.5 Å². The summed E-state index contributed by atoms with van der Waals surface area (Å²) in [6.07, 6.45) is -2.65. The lowest BCUT2D eigenvalue weighted by Crippen LogP contribution is -2.52. The molecule has 0 amide bonds. The maximum Gasteiger partial charge on any atom is 0.348 e. The van der Waals surface area contributed by atoms with E-state index in [0.717, 1.165) is 43.9 Å². The summed E-state index contributed by atoms with van der Waals surface area (Å²) >= 11 is 1.92. The number of carboxylic acid groups (broad SMARTS) is 2. The Balaban J connectivity index is 0.000000290. The highest BCUT2D eigenvalue weighted by Crippen LogP contribution is 2.34. The summed E-state index contributed by atoms with van der Waals surface area (Å²) in [5.74, 6) is -4.79. The molecule has 4 aromatic carbocycles. The number of esters is 4. The number of hydrogen-bond donors (Lipinski definition) is 5. The Bertz CT molecular complexity index is 4400. The zero-order valence-corrected chi connectivity index (χ0v) is 63.6. The van der Waals surface area contributed by atoms with Crippen molar-refractivity contribution in [3.63, 3.8) is 0 Å². The summed E-state index contributed by atoms with van der Waals surface area (Å²) in [6, 6.07) is 37.2. The molecule has 4 heterocycles. The summed E-state index contributed by atoms with van der Waals surface area (Å²) in [7, 11) is 0. The predicted octanol–water partition coefficient (Wildman–Crippen LogP) is 12.1. The van der Waals surface area contributed by atoms with E-state index in [-0.39, 0.29) is 80.8 Å². The Labute approximate surface area is 606 Å². The van der Waals surface area contributed by atoms with Gasteiger partial charge < -0.3 is 53.6 Å². The van der Waals surface area contributed by atoms with Gasteiger partial charge in [-0.1, -0.05) is 121 Å². The van der Waals surface area contributed by atoms with Crippen LogP contribution in [0.5, 0.6) is 0 Å². The Kier molecular flexibility index (Phi) is 31.6. The van der Waals surface area contributed by atoms with Gasteiger partial charge in [-0.05, 0) is 165 Å². The van der Waals surface area contributed by atoms with E-state index in [1.807, 2.05) is 159 Å². The van der Waals surface area contributed by atoms with Crippen LogP contribution in [0, 0.1) is 13.8 Å². The number of nitrogens with zero attached hydrogens (tertiary/aromatic N) is 3. The van der Waals surface area contributed by atoms with E-state index in [1.165, 1.54) is 32.3 Å². The molecule has 5 N–H and O–H groups in total. The van der Waals surface area contributed by atoms with Gasteiger partial charge in [0.05, 0.1) is 67.2 Å². The second-order valence-corrected chi connectivity index (χ2v) is 29.1. The van der Waals surface area contributed by atoms with Crippen molar-refractivity contribution in [2.45, 2.75) is 190 Å². The maximum atomic E-state index is 13.8. The number of aliphatic hydroxyl groups excluding tert-OH is 2. The molecule has 0 fully saturated rings. The van der Waals surface area contributed by atoms with E-state index < -0.39 is 92.9 Å². The van der Waals surface area contributed by atoms with Gasteiger partial charge in [0.2, 0.25) is 0 Å². The van der Waals surface area contributed by atoms with Crippen LogP contribution in [-0.4, -0.2) is 125 Å². The van der Waals surface area contributed by atoms with E-state index in [1.54, 1.807) is 65.8 Å². The number of thiophene rings is 2. The largest absolute Gasteiger partial charge is 0.480 e. The molecule has 0 aliphatic carbocycles. The van der Waals surface area contributed by atoms with Crippen LogP contribution in [0.4, 0.5) is 0 Å². The normalized spacial score (nSPS) is 12.8. The SMILES string of the molecule is CC(C)(C)O[C@@H](CO)c1ccccc1.CCOC(=O)[C@H](O)c1ccccc1.CCOC(=O)[C@H](OC(C)(C)C)c1ccccc1.CCOC(=O)c1sc2[nH]c(=O)n(C(C)(C)C(=O)O)c(=O)c2c1C.CCOC(=O)c1sc2c(c1C)c(=O)n(C(C)(C)C(=O)O)c(=O)n2C[C@H](OC(C)(C)C)c1ccccc1. The fourth-order valence-corrected chi connectivity index (χ4v) is 12.2. The molecule has 0 saturated heterocycles.